The number of aliphatic hydroxyl groups excluding tert-OH is 1. The van der Waals surface area contributed by atoms with Gasteiger partial charge in [0, 0.05) is 24.9 Å². The van der Waals surface area contributed by atoms with E-state index < -0.39 is 0 Å². The Hall–Kier alpha value is -1.66. The van der Waals surface area contributed by atoms with Crippen LogP contribution in [0, 0.1) is 5.92 Å². The van der Waals surface area contributed by atoms with Crippen LogP contribution in [-0.2, 0) is 0 Å². The quantitative estimate of drug-likeness (QED) is 0.943. The zero-order valence-corrected chi connectivity index (χ0v) is 12.7. The third-order valence-corrected chi connectivity index (χ3v) is 4.79. The molecular formula is C15H18N2O3S. The van der Waals surface area contributed by atoms with E-state index in [2.05, 4.69) is 4.98 Å². The van der Waals surface area contributed by atoms with Gasteiger partial charge in [-0.25, -0.2) is 4.98 Å². The number of hydrogen-bond acceptors (Lipinski definition) is 5. The molecule has 0 aliphatic heterocycles. The fraction of sp³-hybridized carbons (Fsp3) is 0.467. The van der Waals surface area contributed by atoms with Crippen molar-refractivity contribution in [3.63, 3.8) is 0 Å². The predicted molar refractivity (Wildman–Crippen MR) is 80.1 cm³/mol. The molecular weight excluding hydrogens is 288 g/mol. The Bertz CT molecular complexity index is 608. The van der Waals surface area contributed by atoms with Crippen LogP contribution in [0.4, 0.5) is 0 Å². The number of aromatic nitrogens is 1. The molecule has 6 heteroatoms. The first-order valence-electron chi connectivity index (χ1n) is 7.08. The summed E-state index contributed by atoms with van der Waals surface area (Å²) in [5.74, 6) is 0.748. The molecule has 1 fully saturated rings. The molecule has 1 amide bonds. The summed E-state index contributed by atoms with van der Waals surface area (Å²) in [4.78, 5) is 18.4. The van der Waals surface area contributed by atoms with Crippen LogP contribution in [0.3, 0.4) is 0 Å². The highest BCUT2D eigenvalue weighted by Crippen LogP contribution is 2.27. The summed E-state index contributed by atoms with van der Waals surface area (Å²) in [5, 5.41) is 12.3. The third-order valence-electron chi connectivity index (χ3n) is 3.93. The van der Waals surface area contributed by atoms with Gasteiger partial charge in [-0.3, -0.25) is 4.79 Å². The van der Waals surface area contributed by atoms with Gasteiger partial charge in [0.05, 0.1) is 12.4 Å². The van der Waals surface area contributed by atoms with E-state index in [0.717, 1.165) is 19.3 Å². The Morgan fingerprint density at radius 1 is 1.57 bits per heavy atom. The maximum Gasteiger partial charge on any atom is 0.273 e. The summed E-state index contributed by atoms with van der Waals surface area (Å²) >= 11 is 1.39. The minimum atomic E-state index is -0.283. The zero-order valence-electron chi connectivity index (χ0n) is 11.9. The number of hydrogen-bond donors (Lipinski definition) is 1. The summed E-state index contributed by atoms with van der Waals surface area (Å²) in [5.41, 5.74) is 0.432. The molecule has 1 aliphatic rings. The minimum absolute atomic E-state index is 0.108. The van der Waals surface area contributed by atoms with Crippen LogP contribution >= 0.6 is 11.3 Å². The van der Waals surface area contributed by atoms with Crippen molar-refractivity contribution in [2.75, 3.05) is 13.6 Å². The van der Waals surface area contributed by atoms with Crippen molar-refractivity contribution in [1.82, 2.24) is 9.88 Å². The van der Waals surface area contributed by atoms with Crippen LogP contribution < -0.4 is 0 Å². The van der Waals surface area contributed by atoms with Gasteiger partial charge >= 0.3 is 0 Å². The van der Waals surface area contributed by atoms with E-state index in [1.165, 1.54) is 11.3 Å². The molecule has 5 nitrogen and oxygen atoms in total. The van der Waals surface area contributed by atoms with Gasteiger partial charge in [0.1, 0.15) is 5.69 Å². The van der Waals surface area contributed by atoms with Crippen molar-refractivity contribution >= 4 is 17.2 Å². The number of thiazole rings is 1. The molecule has 0 bridgehead atoms. The topological polar surface area (TPSA) is 66.6 Å². The van der Waals surface area contributed by atoms with Gasteiger partial charge in [-0.15, -0.1) is 11.3 Å². The van der Waals surface area contributed by atoms with Crippen LogP contribution in [0.15, 0.2) is 28.2 Å². The lowest BCUT2D eigenvalue weighted by atomic mass is 10.1. The Labute approximate surface area is 127 Å². The molecule has 0 radical (unpaired) electrons. The first-order valence-corrected chi connectivity index (χ1v) is 7.96. The van der Waals surface area contributed by atoms with Crippen molar-refractivity contribution in [3.05, 3.63) is 29.5 Å². The molecule has 1 aliphatic carbocycles. The van der Waals surface area contributed by atoms with E-state index in [-0.39, 0.29) is 17.9 Å². The number of amides is 1. The van der Waals surface area contributed by atoms with Gasteiger partial charge < -0.3 is 14.4 Å². The lowest BCUT2D eigenvalue weighted by Crippen LogP contribution is -2.34. The summed E-state index contributed by atoms with van der Waals surface area (Å²) in [6.07, 6.45) is 4.16. The van der Waals surface area contributed by atoms with Gasteiger partial charge in [0.25, 0.3) is 5.91 Å². The smallest absolute Gasteiger partial charge is 0.273 e. The van der Waals surface area contributed by atoms with Gasteiger partial charge in [-0.1, -0.05) is 6.42 Å². The van der Waals surface area contributed by atoms with Crippen molar-refractivity contribution in [3.8, 4) is 10.8 Å². The van der Waals surface area contributed by atoms with Crippen molar-refractivity contribution < 1.29 is 14.3 Å². The molecule has 2 aromatic rings. The normalized spacial score (nSPS) is 21.6. The number of aliphatic hydroxyl groups is 1. The highest BCUT2D eigenvalue weighted by atomic mass is 32.1. The summed E-state index contributed by atoms with van der Waals surface area (Å²) in [7, 11) is 1.76. The highest BCUT2D eigenvalue weighted by molar-refractivity contribution is 7.13. The molecule has 1 saturated carbocycles. The fourth-order valence-electron chi connectivity index (χ4n) is 2.75. The van der Waals surface area contributed by atoms with E-state index in [0.29, 0.717) is 23.0 Å². The molecule has 2 heterocycles. The highest BCUT2D eigenvalue weighted by Gasteiger charge is 2.28. The first kappa shape index (κ1) is 14.3. The Morgan fingerprint density at radius 3 is 3.10 bits per heavy atom. The molecule has 2 aromatic heterocycles. The number of carbonyl (C=O) groups is 1. The first-order chi connectivity index (χ1) is 10.1. The molecule has 0 aromatic carbocycles. The third kappa shape index (κ3) is 3.01. The lowest BCUT2D eigenvalue weighted by molar-refractivity contribution is 0.0689. The number of carbonyl (C=O) groups excluding carboxylic acids is 1. The zero-order chi connectivity index (χ0) is 14.8. The maximum absolute atomic E-state index is 12.4. The van der Waals surface area contributed by atoms with E-state index in [1.807, 2.05) is 6.07 Å². The fourth-order valence-corrected chi connectivity index (χ4v) is 3.51. The van der Waals surface area contributed by atoms with Crippen LogP contribution in [0.5, 0.6) is 0 Å². The minimum Gasteiger partial charge on any atom is -0.462 e. The van der Waals surface area contributed by atoms with Crippen molar-refractivity contribution in [2.45, 2.75) is 25.4 Å². The van der Waals surface area contributed by atoms with Crippen LogP contribution in [-0.4, -0.2) is 40.6 Å². The van der Waals surface area contributed by atoms with Crippen LogP contribution in [0.2, 0.25) is 0 Å². The Morgan fingerprint density at radius 2 is 2.43 bits per heavy atom. The molecule has 21 heavy (non-hydrogen) atoms. The van der Waals surface area contributed by atoms with E-state index in [4.69, 9.17) is 4.42 Å². The van der Waals surface area contributed by atoms with E-state index >= 15 is 0 Å². The Balaban J connectivity index is 1.67. The molecule has 0 saturated heterocycles. The molecule has 0 spiro atoms. The van der Waals surface area contributed by atoms with Gasteiger partial charge in [-0.05, 0) is 25.0 Å². The average molecular weight is 306 g/mol. The standard InChI is InChI=1S/C15H18N2O3S/c1-17(8-10-4-2-5-12(10)18)15(19)11-9-21-14(16-11)13-6-3-7-20-13/h3,6-7,9-10,12,18H,2,4-5,8H2,1H3. The van der Waals surface area contributed by atoms with E-state index in [9.17, 15) is 9.90 Å². The van der Waals surface area contributed by atoms with Gasteiger partial charge in [-0.2, -0.15) is 0 Å². The lowest BCUT2D eigenvalue weighted by Gasteiger charge is -2.22. The number of rotatable bonds is 4. The monoisotopic (exact) mass is 306 g/mol. The van der Waals surface area contributed by atoms with Crippen LogP contribution in [0.25, 0.3) is 10.8 Å². The summed E-state index contributed by atoms with van der Waals surface area (Å²) in [6, 6.07) is 3.62. The number of furan rings is 1. The van der Waals surface area contributed by atoms with Gasteiger partial charge in [0.2, 0.25) is 0 Å². The Kier molecular flexibility index (Phi) is 4.07. The van der Waals surface area contributed by atoms with Crippen molar-refractivity contribution in [2.24, 2.45) is 5.92 Å². The molecule has 1 N–H and O–H groups in total. The van der Waals surface area contributed by atoms with Crippen molar-refractivity contribution in [1.29, 1.82) is 0 Å². The molecule has 2 atom stereocenters. The molecule has 2 unspecified atom stereocenters. The molecule has 112 valence electrons. The summed E-state index contributed by atoms with van der Waals surface area (Å²) < 4.78 is 5.28. The van der Waals surface area contributed by atoms with E-state index in [1.54, 1.807) is 29.7 Å². The average Bonchev–Trinajstić information content (AvgIpc) is 3.18. The summed E-state index contributed by atoms with van der Waals surface area (Å²) in [6.45, 7) is 0.577. The second kappa shape index (κ2) is 5.99. The molecule has 3 rings (SSSR count). The van der Waals surface area contributed by atoms with Crippen LogP contribution in [0.1, 0.15) is 29.8 Å². The number of nitrogens with zero attached hydrogens (tertiary/aromatic N) is 2. The largest absolute Gasteiger partial charge is 0.462 e. The second-order valence-corrected chi connectivity index (χ2v) is 6.32. The second-order valence-electron chi connectivity index (χ2n) is 5.46. The maximum atomic E-state index is 12.4. The van der Waals surface area contributed by atoms with Gasteiger partial charge in [0.15, 0.2) is 10.8 Å². The SMILES string of the molecule is CN(CC1CCCC1O)C(=O)c1csc(-c2ccco2)n1. The predicted octanol–water partition coefficient (Wildman–Crippen LogP) is 2.64.